The van der Waals surface area contributed by atoms with E-state index in [2.05, 4.69) is 62.4 Å². The highest BCUT2D eigenvalue weighted by Crippen LogP contribution is 2.34. The Bertz CT molecular complexity index is 981. The molecular weight excluding hydrogens is 358 g/mol. The van der Waals surface area contributed by atoms with Crippen molar-refractivity contribution >= 4 is 22.5 Å². The number of nitrogens with zero attached hydrogens (tertiary/aromatic N) is 4. The number of hydrogen-bond acceptors (Lipinski definition) is 2. The Balaban J connectivity index is 1.47. The quantitative estimate of drug-likeness (QED) is 0.329. The van der Waals surface area contributed by atoms with Crippen LogP contribution in [0.25, 0.3) is 32.5 Å². The van der Waals surface area contributed by atoms with Crippen LogP contribution in [0.15, 0.2) is 53.8 Å². The summed E-state index contributed by atoms with van der Waals surface area (Å²) in [6.45, 7) is 3.60. The highest BCUT2D eigenvalue weighted by atomic mass is 35.5. The Kier molecular flexibility index (Phi) is 5.35. The van der Waals surface area contributed by atoms with E-state index < -0.39 is 0 Å². The number of H-pyrrole nitrogens is 1. The standard InChI is InChI=1S/C21H22ClN5/c22-20-12-16(14-27-10-7-15(8-11-27)13-25-26-23)4-5-18(20)17-2-1-3-21-19(17)6-9-24-21/h1-6,9,12,15,24H,7-8,10-11,13-14H2. The molecule has 0 atom stereocenters. The largest absolute Gasteiger partial charge is 0.361 e. The van der Waals surface area contributed by atoms with Crippen LogP contribution in [-0.4, -0.2) is 29.5 Å². The fourth-order valence-corrected chi connectivity index (χ4v) is 4.24. The molecule has 4 rings (SSSR count). The average Bonchev–Trinajstić information content (AvgIpc) is 3.17. The molecule has 6 heteroatoms. The predicted octanol–water partition coefficient (Wildman–Crippen LogP) is 6.01. The monoisotopic (exact) mass is 379 g/mol. The second-order valence-electron chi connectivity index (χ2n) is 7.19. The van der Waals surface area contributed by atoms with E-state index in [1.54, 1.807) is 0 Å². The molecule has 1 N–H and O–H groups in total. The third kappa shape index (κ3) is 3.96. The zero-order valence-electron chi connectivity index (χ0n) is 15.1. The van der Waals surface area contributed by atoms with Crippen molar-refractivity contribution in [2.45, 2.75) is 19.4 Å². The Morgan fingerprint density at radius 2 is 2.00 bits per heavy atom. The normalized spacial score (nSPS) is 15.7. The van der Waals surface area contributed by atoms with E-state index in [0.29, 0.717) is 12.5 Å². The minimum atomic E-state index is 0.518. The SMILES string of the molecule is [N-]=[N+]=NCC1CCN(Cc2ccc(-c3cccc4[nH]ccc34)c(Cl)c2)CC1. The summed E-state index contributed by atoms with van der Waals surface area (Å²) in [5.41, 5.74) is 13.0. The van der Waals surface area contributed by atoms with Crippen LogP contribution >= 0.6 is 11.6 Å². The van der Waals surface area contributed by atoms with Gasteiger partial charge in [-0.1, -0.05) is 41.0 Å². The van der Waals surface area contributed by atoms with Crippen molar-refractivity contribution in [1.29, 1.82) is 0 Å². The number of halogens is 1. The van der Waals surface area contributed by atoms with Gasteiger partial charge >= 0.3 is 0 Å². The molecule has 0 aliphatic carbocycles. The van der Waals surface area contributed by atoms with Crippen LogP contribution in [0, 0.1) is 5.92 Å². The summed E-state index contributed by atoms with van der Waals surface area (Å²) in [7, 11) is 0. The topological polar surface area (TPSA) is 67.8 Å². The van der Waals surface area contributed by atoms with Gasteiger partial charge in [-0.25, -0.2) is 0 Å². The number of aromatic nitrogens is 1. The Labute approximate surface area is 163 Å². The molecule has 138 valence electrons. The molecule has 1 aliphatic heterocycles. The third-order valence-electron chi connectivity index (χ3n) is 5.44. The van der Waals surface area contributed by atoms with Crippen LogP contribution in [0.1, 0.15) is 18.4 Å². The maximum absolute atomic E-state index is 8.45. The highest BCUT2D eigenvalue weighted by Gasteiger charge is 2.19. The molecule has 1 aromatic heterocycles. The molecule has 5 nitrogen and oxygen atoms in total. The zero-order chi connectivity index (χ0) is 18.6. The summed E-state index contributed by atoms with van der Waals surface area (Å²) in [5, 5.41) is 5.69. The van der Waals surface area contributed by atoms with Gasteiger partial charge in [-0.15, -0.1) is 0 Å². The van der Waals surface area contributed by atoms with E-state index >= 15 is 0 Å². The number of azide groups is 1. The Hall–Kier alpha value is -2.46. The van der Waals surface area contributed by atoms with Gasteiger partial charge in [-0.3, -0.25) is 4.90 Å². The van der Waals surface area contributed by atoms with Gasteiger partial charge in [0.2, 0.25) is 0 Å². The number of fused-ring (bicyclic) bond motifs is 1. The van der Waals surface area contributed by atoms with Gasteiger partial charge in [0, 0.05) is 45.7 Å². The first kappa shape index (κ1) is 17.9. The van der Waals surface area contributed by atoms with Gasteiger partial charge < -0.3 is 4.98 Å². The van der Waals surface area contributed by atoms with Gasteiger partial charge in [0.05, 0.1) is 0 Å². The molecule has 27 heavy (non-hydrogen) atoms. The summed E-state index contributed by atoms with van der Waals surface area (Å²) in [6, 6.07) is 14.7. The molecule has 0 unspecified atom stereocenters. The van der Waals surface area contributed by atoms with E-state index in [4.69, 9.17) is 17.1 Å². The lowest BCUT2D eigenvalue weighted by Crippen LogP contribution is -2.34. The highest BCUT2D eigenvalue weighted by molar-refractivity contribution is 6.33. The van der Waals surface area contributed by atoms with Gasteiger partial charge in [-0.2, -0.15) is 0 Å². The van der Waals surface area contributed by atoms with Crippen molar-refractivity contribution in [2.75, 3.05) is 19.6 Å². The smallest absolute Gasteiger partial charge is 0.0487 e. The van der Waals surface area contributed by atoms with Crippen LogP contribution in [0.4, 0.5) is 0 Å². The van der Waals surface area contributed by atoms with Crippen molar-refractivity contribution in [3.63, 3.8) is 0 Å². The first-order chi connectivity index (χ1) is 13.2. The summed E-state index contributed by atoms with van der Waals surface area (Å²) in [5.74, 6) is 0.518. The average molecular weight is 380 g/mol. The molecule has 0 spiro atoms. The molecule has 1 saturated heterocycles. The maximum atomic E-state index is 8.45. The fraction of sp³-hybridized carbons (Fsp3) is 0.333. The van der Waals surface area contributed by atoms with E-state index in [1.807, 2.05) is 6.20 Å². The van der Waals surface area contributed by atoms with Crippen LogP contribution < -0.4 is 0 Å². The molecule has 1 aliphatic rings. The van der Waals surface area contributed by atoms with Gasteiger partial charge in [0.25, 0.3) is 0 Å². The predicted molar refractivity (Wildman–Crippen MR) is 111 cm³/mol. The van der Waals surface area contributed by atoms with Crippen LogP contribution in [0.3, 0.4) is 0 Å². The van der Waals surface area contributed by atoms with Crippen LogP contribution in [0.5, 0.6) is 0 Å². The number of likely N-dealkylation sites (tertiary alicyclic amines) is 1. The first-order valence-electron chi connectivity index (χ1n) is 9.32. The van der Waals surface area contributed by atoms with Crippen molar-refractivity contribution in [2.24, 2.45) is 11.0 Å². The van der Waals surface area contributed by atoms with Crippen molar-refractivity contribution in [1.82, 2.24) is 9.88 Å². The number of benzene rings is 2. The molecule has 0 bridgehead atoms. The molecule has 1 fully saturated rings. The van der Waals surface area contributed by atoms with Crippen molar-refractivity contribution in [3.05, 3.63) is 69.7 Å². The molecule has 2 heterocycles. The summed E-state index contributed by atoms with van der Waals surface area (Å²) >= 11 is 6.65. The van der Waals surface area contributed by atoms with Crippen molar-refractivity contribution in [3.8, 4) is 11.1 Å². The van der Waals surface area contributed by atoms with E-state index in [1.165, 1.54) is 10.9 Å². The minimum absolute atomic E-state index is 0.518. The Morgan fingerprint density at radius 3 is 2.78 bits per heavy atom. The van der Waals surface area contributed by atoms with E-state index in [9.17, 15) is 0 Å². The molecular formula is C21H22ClN5. The first-order valence-corrected chi connectivity index (χ1v) is 9.70. The van der Waals surface area contributed by atoms with Crippen molar-refractivity contribution < 1.29 is 0 Å². The second kappa shape index (κ2) is 8.05. The Morgan fingerprint density at radius 1 is 1.15 bits per heavy atom. The second-order valence-corrected chi connectivity index (χ2v) is 7.60. The van der Waals surface area contributed by atoms with Gasteiger partial charge in [0.15, 0.2) is 0 Å². The molecule has 3 aromatic rings. The summed E-state index contributed by atoms with van der Waals surface area (Å²) < 4.78 is 0. The van der Waals surface area contributed by atoms with Crippen LogP contribution in [-0.2, 0) is 6.54 Å². The van der Waals surface area contributed by atoms with Gasteiger partial charge in [0.1, 0.15) is 0 Å². The maximum Gasteiger partial charge on any atom is 0.0487 e. The zero-order valence-corrected chi connectivity index (χ0v) is 15.9. The summed E-state index contributed by atoms with van der Waals surface area (Å²) in [4.78, 5) is 8.57. The lowest BCUT2D eigenvalue weighted by Gasteiger charge is -2.31. The third-order valence-corrected chi connectivity index (χ3v) is 5.75. The number of aromatic amines is 1. The minimum Gasteiger partial charge on any atom is -0.361 e. The molecule has 0 amide bonds. The lowest BCUT2D eigenvalue weighted by molar-refractivity contribution is 0.180. The molecule has 0 saturated carbocycles. The molecule has 2 aromatic carbocycles. The number of hydrogen-bond donors (Lipinski definition) is 1. The summed E-state index contributed by atoms with van der Waals surface area (Å²) in [6.07, 6.45) is 4.13. The molecule has 0 radical (unpaired) electrons. The van der Waals surface area contributed by atoms with E-state index in [0.717, 1.165) is 54.1 Å². The lowest BCUT2D eigenvalue weighted by atomic mass is 9.96. The number of rotatable bonds is 5. The van der Waals surface area contributed by atoms with Crippen LogP contribution in [0.2, 0.25) is 5.02 Å². The van der Waals surface area contributed by atoms with E-state index in [-0.39, 0.29) is 0 Å². The number of piperidine rings is 1. The fourth-order valence-electron chi connectivity index (χ4n) is 3.93. The van der Waals surface area contributed by atoms with Gasteiger partial charge in [-0.05, 0) is 66.7 Å². The number of nitrogens with one attached hydrogen (secondary N) is 1.